The van der Waals surface area contributed by atoms with Gasteiger partial charge in [-0.05, 0) is 41.4 Å². The van der Waals surface area contributed by atoms with Gasteiger partial charge in [0, 0.05) is 25.9 Å². The van der Waals surface area contributed by atoms with Crippen molar-refractivity contribution >= 4 is 11.3 Å². The molecule has 2 aromatic heterocycles. The molecule has 0 aromatic carbocycles. The Bertz CT molecular complexity index is 515. The molecule has 0 saturated heterocycles. The number of nitrogens with one attached hydrogen (secondary N) is 1. The molecule has 0 bridgehead atoms. The third-order valence-electron chi connectivity index (χ3n) is 2.82. The summed E-state index contributed by atoms with van der Waals surface area (Å²) in [7, 11) is 1.70. The lowest BCUT2D eigenvalue weighted by Crippen LogP contribution is -2.20. The number of nitrogens with zero attached hydrogens (tertiary/aromatic N) is 1. The van der Waals surface area contributed by atoms with E-state index in [2.05, 4.69) is 27.1 Å². The second-order valence-electron chi connectivity index (χ2n) is 4.49. The highest BCUT2D eigenvalue weighted by atomic mass is 32.1. The van der Waals surface area contributed by atoms with E-state index < -0.39 is 0 Å². The smallest absolute Gasteiger partial charge is 0.142 e. The van der Waals surface area contributed by atoms with Crippen molar-refractivity contribution < 1.29 is 9.47 Å². The van der Waals surface area contributed by atoms with Crippen LogP contribution in [0.5, 0.6) is 5.75 Å². The van der Waals surface area contributed by atoms with Crippen molar-refractivity contribution in [1.82, 2.24) is 10.3 Å². The maximum absolute atomic E-state index is 5.87. The number of hydrogen-bond acceptors (Lipinski definition) is 5. The van der Waals surface area contributed by atoms with Gasteiger partial charge in [0.15, 0.2) is 0 Å². The van der Waals surface area contributed by atoms with E-state index in [1.165, 1.54) is 5.56 Å². The Kier molecular flexibility index (Phi) is 5.98. The molecule has 4 nitrogen and oxygen atoms in total. The van der Waals surface area contributed by atoms with Crippen LogP contribution in [-0.4, -0.2) is 25.2 Å². The quantitative estimate of drug-likeness (QED) is 0.760. The van der Waals surface area contributed by atoms with Crippen molar-refractivity contribution in [2.24, 2.45) is 0 Å². The molecule has 108 valence electrons. The summed E-state index contributed by atoms with van der Waals surface area (Å²) in [6, 6.07) is 6.03. The van der Waals surface area contributed by atoms with Crippen LogP contribution in [0.2, 0.25) is 0 Å². The van der Waals surface area contributed by atoms with Crippen LogP contribution < -0.4 is 10.1 Å². The number of pyridine rings is 1. The number of hydrogen-bond donors (Lipinski definition) is 1. The highest BCUT2D eigenvalue weighted by Gasteiger charge is 2.06. The minimum absolute atomic E-state index is 0.583. The van der Waals surface area contributed by atoms with E-state index in [-0.39, 0.29) is 0 Å². The Morgan fingerprint density at radius 1 is 1.30 bits per heavy atom. The first kappa shape index (κ1) is 15.0. The summed E-state index contributed by atoms with van der Waals surface area (Å²) in [5.41, 5.74) is 3.13. The minimum Gasteiger partial charge on any atom is -0.487 e. The fourth-order valence-corrected chi connectivity index (χ4v) is 2.43. The number of thiophene rings is 1. The number of aromatic nitrogens is 1. The highest BCUT2D eigenvalue weighted by molar-refractivity contribution is 7.07. The Morgan fingerprint density at radius 2 is 2.20 bits per heavy atom. The van der Waals surface area contributed by atoms with E-state index in [1.807, 2.05) is 19.1 Å². The molecule has 0 spiro atoms. The first-order chi connectivity index (χ1) is 9.79. The van der Waals surface area contributed by atoms with Gasteiger partial charge < -0.3 is 14.8 Å². The molecule has 0 aliphatic carbocycles. The van der Waals surface area contributed by atoms with E-state index in [4.69, 9.17) is 9.47 Å². The summed E-state index contributed by atoms with van der Waals surface area (Å²) >= 11 is 1.68. The number of rotatable bonds is 8. The Hall–Kier alpha value is -1.43. The second kappa shape index (κ2) is 7.99. The van der Waals surface area contributed by atoms with Crippen molar-refractivity contribution in [2.45, 2.75) is 20.1 Å². The van der Waals surface area contributed by atoms with Crippen LogP contribution in [0.15, 0.2) is 29.0 Å². The van der Waals surface area contributed by atoms with E-state index >= 15 is 0 Å². The van der Waals surface area contributed by atoms with Gasteiger partial charge in [0.25, 0.3) is 0 Å². The van der Waals surface area contributed by atoms with Gasteiger partial charge >= 0.3 is 0 Å². The maximum atomic E-state index is 5.87. The molecule has 2 aromatic rings. The summed E-state index contributed by atoms with van der Waals surface area (Å²) < 4.78 is 10.9. The van der Waals surface area contributed by atoms with Crippen LogP contribution >= 0.6 is 11.3 Å². The predicted molar refractivity (Wildman–Crippen MR) is 81.2 cm³/mol. The van der Waals surface area contributed by atoms with Crippen molar-refractivity contribution in [2.75, 3.05) is 20.3 Å². The molecule has 0 amide bonds. The molecule has 0 radical (unpaired) electrons. The lowest BCUT2D eigenvalue weighted by Gasteiger charge is -2.11. The zero-order chi connectivity index (χ0) is 14.2. The topological polar surface area (TPSA) is 43.4 Å². The summed E-state index contributed by atoms with van der Waals surface area (Å²) in [6.45, 7) is 4.75. The molecule has 0 aliphatic rings. The van der Waals surface area contributed by atoms with Gasteiger partial charge in [0.1, 0.15) is 12.4 Å². The first-order valence-corrected chi connectivity index (χ1v) is 7.54. The van der Waals surface area contributed by atoms with Gasteiger partial charge in [0.05, 0.1) is 12.3 Å². The Labute approximate surface area is 123 Å². The third-order valence-corrected chi connectivity index (χ3v) is 3.55. The molecule has 1 N–H and O–H groups in total. The normalized spacial score (nSPS) is 10.7. The fourth-order valence-electron chi connectivity index (χ4n) is 1.77. The Morgan fingerprint density at radius 3 is 2.95 bits per heavy atom. The molecule has 2 rings (SSSR count). The summed E-state index contributed by atoms with van der Waals surface area (Å²) in [5, 5.41) is 7.45. The number of ether oxygens (including phenoxy) is 2. The largest absolute Gasteiger partial charge is 0.487 e. The standard InChI is InChI=1S/C15H20N2O2S/c1-12-3-4-15(19-10-13-5-8-20-11-13)14(17-12)9-16-6-7-18-2/h3-5,8,11,16H,6-7,9-10H2,1-2H3. The lowest BCUT2D eigenvalue weighted by molar-refractivity contribution is 0.198. The van der Waals surface area contributed by atoms with Crippen LogP contribution in [0.25, 0.3) is 0 Å². The van der Waals surface area contributed by atoms with Crippen LogP contribution in [0.3, 0.4) is 0 Å². The molecule has 20 heavy (non-hydrogen) atoms. The monoisotopic (exact) mass is 292 g/mol. The van der Waals surface area contributed by atoms with Crippen molar-refractivity contribution in [3.63, 3.8) is 0 Å². The zero-order valence-electron chi connectivity index (χ0n) is 11.9. The molecular formula is C15H20N2O2S. The van der Waals surface area contributed by atoms with Crippen LogP contribution in [-0.2, 0) is 17.9 Å². The molecule has 0 fully saturated rings. The van der Waals surface area contributed by atoms with Gasteiger partial charge in [-0.3, -0.25) is 4.98 Å². The SMILES string of the molecule is COCCNCc1nc(C)ccc1OCc1ccsc1. The first-order valence-electron chi connectivity index (χ1n) is 6.59. The lowest BCUT2D eigenvalue weighted by atomic mass is 10.2. The van der Waals surface area contributed by atoms with Gasteiger partial charge in [-0.2, -0.15) is 11.3 Å². The highest BCUT2D eigenvalue weighted by Crippen LogP contribution is 2.19. The van der Waals surface area contributed by atoms with E-state index in [0.29, 0.717) is 19.8 Å². The average Bonchev–Trinajstić information content (AvgIpc) is 2.96. The predicted octanol–water partition coefficient (Wildman–Crippen LogP) is 2.77. The van der Waals surface area contributed by atoms with E-state index in [0.717, 1.165) is 23.7 Å². The summed E-state index contributed by atoms with van der Waals surface area (Å²) in [4.78, 5) is 4.54. The molecular weight excluding hydrogens is 272 g/mol. The molecule has 5 heteroatoms. The van der Waals surface area contributed by atoms with Crippen LogP contribution in [0.1, 0.15) is 17.0 Å². The zero-order valence-corrected chi connectivity index (χ0v) is 12.7. The number of methoxy groups -OCH3 is 1. The van der Waals surface area contributed by atoms with E-state index in [1.54, 1.807) is 18.4 Å². The summed E-state index contributed by atoms with van der Waals surface area (Å²) in [5.74, 6) is 0.840. The van der Waals surface area contributed by atoms with Gasteiger partial charge in [-0.25, -0.2) is 0 Å². The molecule has 0 atom stereocenters. The molecule has 0 saturated carbocycles. The van der Waals surface area contributed by atoms with Crippen LogP contribution in [0.4, 0.5) is 0 Å². The second-order valence-corrected chi connectivity index (χ2v) is 5.27. The Balaban J connectivity index is 1.95. The molecule has 0 unspecified atom stereocenters. The van der Waals surface area contributed by atoms with E-state index in [9.17, 15) is 0 Å². The van der Waals surface area contributed by atoms with Gasteiger partial charge in [-0.1, -0.05) is 0 Å². The fraction of sp³-hybridized carbons (Fsp3) is 0.400. The molecule has 0 aliphatic heterocycles. The molecule has 2 heterocycles. The minimum atomic E-state index is 0.583. The average molecular weight is 292 g/mol. The van der Waals surface area contributed by atoms with Crippen molar-refractivity contribution in [3.8, 4) is 5.75 Å². The summed E-state index contributed by atoms with van der Waals surface area (Å²) in [6.07, 6.45) is 0. The van der Waals surface area contributed by atoms with Gasteiger partial charge in [-0.15, -0.1) is 0 Å². The van der Waals surface area contributed by atoms with Gasteiger partial charge in [0.2, 0.25) is 0 Å². The van der Waals surface area contributed by atoms with Crippen LogP contribution in [0, 0.1) is 6.92 Å². The maximum Gasteiger partial charge on any atom is 0.142 e. The third kappa shape index (κ3) is 4.59. The van der Waals surface area contributed by atoms with Crippen molar-refractivity contribution in [3.05, 3.63) is 45.9 Å². The number of aryl methyl sites for hydroxylation is 1. The van der Waals surface area contributed by atoms with Crippen molar-refractivity contribution in [1.29, 1.82) is 0 Å².